The van der Waals surface area contributed by atoms with E-state index in [1.165, 1.54) is 14.2 Å². The molecule has 0 aliphatic heterocycles. The van der Waals surface area contributed by atoms with Gasteiger partial charge in [-0.15, -0.1) is 0 Å². The number of hydrogen-bond acceptors (Lipinski definition) is 4. The minimum absolute atomic E-state index is 1.02. The highest BCUT2D eigenvalue weighted by molar-refractivity contribution is 7.48. The van der Waals surface area contributed by atoms with E-state index in [1.807, 2.05) is 0 Å². The zero-order chi connectivity index (χ0) is 8.04. The maximum atomic E-state index is 10.9. The third kappa shape index (κ3) is 3.22. The SMILES string of the molecule is COP(=O)(OC)OC=CCl. The Morgan fingerprint density at radius 2 is 1.90 bits per heavy atom. The van der Waals surface area contributed by atoms with Crippen LogP contribution in [0, 0.1) is 0 Å². The fourth-order valence-corrected chi connectivity index (χ4v) is 0.912. The summed E-state index contributed by atoms with van der Waals surface area (Å²) >= 11 is 5.08. The third-order valence-electron chi connectivity index (χ3n) is 0.689. The van der Waals surface area contributed by atoms with Crippen molar-refractivity contribution in [1.82, 2.24) is 0 Å². The minimum Gasteiger partial charge on any atom is -0.411 e. The second-order valence-corrected chi connectivity index (χ2v) is 3.27. The predicted octanol–water partition coefficient (Wildman–Crippen LogP) is 2.11. The van der Waals surface area contributed by atoms with Gasteiger partial charge in [-0.2, -0.15) is 0 Å². The van der Waals surface area contributed by atoms with Crippen LogP contribution in [0.2, 0.25) is 0 Å². The molecular weight excluding hydrogens is 178 g/mol. The summed E-state index contributed by atoms with van der Waals surface area (Å²) in [6, 6.07) is 0. The molecule has 0 saturated carbocycles. The van der Waals surface area contributed by atoms with Gasteiger partial charge in [0.25, 0.3) is 0 Å². The first-order chi connectivity index (χ1) is 4.68. The van der Waals surface area contributed by atoms with Crippen LogP contribution in [0.15, 0.2) is 11.8 Å². The van der Waals surface area contributed by atoms with Crippen molar-refractivity contribution in [3.05, 3.63) is 11.8 Å². The second kappa shape index (κ2) is 4.74. The second-order valence-electron chi connectivity index (χ2n) is 1.18. The summed E-state index contributed by atoms with van der Waals surface area (Å²) in [7, 11) is -0.940. The van der Waals surface area contributed by atoms with E-state index in [-0.39, 0.29) is 0 Å². The molecule has 0 unspecified atom stereocenters. The Balaban J connectivity index is 3.94. The summed E-state index contributed by atoms with van der Waals surface area (Å²) in [5.41, 5.74) is 1.06. The van der Waals surface area contributed by atoms with Crippen LogP contribution < -0.4 is 0 Å². The van der Waals surface area contributed by atoms with Crippen molar-refractivity contribution in [3.8, 4) is 0 Å². The molecule has 10 heavy (non-hydrogen) atoms. The molecule has 0 aromatic heterocycles. The number of phosphoric acid groups is 1. The summed E-state index contributed by atoms with van der Waals surface area (Å²) in [5, 5.41) is 0. The van der Waals surface area contributed by atoms with Gasteiger partial charge in [-0.1, -0.05) is 11.6 Å². The number of rotatable bonds is 4. The van der Waals surface area contributed by atoms with Crippen LogP contribution in [0.25, 0.3) is 0 Å². The Bertz CT molecular complexity index is 149. The maximum absolute atomic E-state index is 10.9. The molecule has 0 amide bonds. The maximum Gasteiger partial charge on any atom is 0.528 e. The smallest absolute Gasteiger partial charge is 0.411 e. The molecule has 0 N–H and O–H groups in total. The number of phosphoric ester groups is 1. The minimum atomic E-state index is -3.37. The molecule has 0 radical (unpaired) electrons. The Morgan fingerprint density at radius 1 is 1.40 bits per heavy atom. The van der Waals surface area contributed by atoms with E-state index in [4.69, 9.17) is 11.6 Å². The van der Waals surface area contributed by atoms with Gasteiger partial charge in [-0.05, 0) is 0 Å². The van der Waals surface area contributed by atoms with Crippen LogP contribution in [-0.2, 0) is 18.1 Å². The molecule has 0 aromatic carbocycles. The predicted molar refractivity (Wildman–Crippen MR) is 37.7 cm³/mol. The van der Waals surface area contributed by atoms with Crippen LogP contribution >= 0.6 is 19.4 Å². The summed E-state index contributed by atoms with van der Waals surface area (Å²) in [6.45, 7) is 0. The summed E-state index contributed by atoms with van der Waals surface area (Å²) in [6.07, 6.45) is 1.02. The average Bonchev–Trinajstić information content (AvgIpc) is 2.00. The first kappa shape index (κ1) is 9.98. The quantitative estimate of drug-likeness (QED) is 0.498. The van der Waals surface area contributed by atoms with Gasteiger partial charge in [0.1, 0.15) is 6.26 Å². The Kier molecular flexibility index (Phi) is 4.73. The monoisotopic (exact) mass is 186 g/mol. The highest BCUT2D eigenvalue weighted by atomic mass is 35.5. The number of halogens is 1. The first-order valence-corrected chi connectivity index (χ1v) is 4.23. The zero-order valence-corrected chi connectivity index (χ0v) is 7.26. The molecular formula is C4H8ClO4P. The lowest BCUT2D eigenvalue weighted by atomic mass is 11.2. The Hall–Kier alpha value is -0.0200. The van der Waals surface area contributed by atoms with Crippen LogP contribution in [0.4, 0.5) is 0 Å². The Labute approximate surface area is 64.3 Å². The van der Waals surface area contributed by atoms with Gasteiger partial charge in [-0.25, -0.2) is 4.57 Å². The van der Waals surface area contributed by atoms with Crippen molar-refractivity contribution in [2.75, 3.05) is 14.2 Å². The summed E-state index contributed by atoms with van der Waals surface area (Å²) in [4.78, 5) is 0. The van der Waals surface area contributed by atoms with E-state index in [0.717, 1.165) is 11.8 Å². The first-order valence-electron chi connectivity index (χ1n) is 2.33. The lowest BCUT2D eigenvalue weighted by molar-refractivity contribution is 0.194. The average molecular weight is 187 g/mol. The van der Waals surface area contributed by atoms with Crippen molar-refractivity contribution in [3.63, 3.8) is 0 Å². The van der Waals surface area contributed by atoms with Crippen LogP contribution in [-0.4, -0.2) is 14.2 Å². The molecule has 0 heterocycles. The van der Waals surface area contributed by atoms with Gasteiger partial charge in [-0.3, -0.25) is 9.05 Å². The molecule has 0 aliphatic rings. The fraction of sp³-hybridized carbons (Fsp3) is 0.500. The molecule has 0 spiro atoms. The molecule has 0 fully saturated rings. The van der Waals surface area contributed by atoms with E-state index in [9.17, 15) is 4.57 Å². The van der Waals surface area contributed by atoms with Crippen LogP contribution in [0.3, 0.4) is 0 Å². The molecule has 0 aliphatic carbocycles. The summed E-state index contributed by atoms with van der Waals surface area (Å²) < 4.78 is 24.2. The molecule has 4 nitrogen and oxygen atoms in total. The molecule has 0 aromatic rings. The number of hydrogen-bond donors (Lipinski definition) is 0. The largest absolute Gasteiger partial charge is 0.528 e. The van der Waals surface area contributed by atoms with E-state index in [0.29, 0.717) is 0 Å². The Morgan fingerprint density at radius 3 is 2.20 bits per heavy atom. The zero-order valence-electron chi connectivity index (χ0n) is 5.61. The third-order valence-corrected chi connectivity index (χ3v) is 2.07. The highest BCUT2D eigenvalue weighted by Crippen LogP contribution is 2.47. The molecule has 0 bridgehead atoms. The molecule has 60 valence electrons. The molecule has 0 atom stereocenters. The van der Waals surface area contributed by atoms with E-state index < -0.39 is 7.82 Å². The topological polar surface area (TPSA) is 44.8 Å². The van der Waals surface area contributed by atoms with Crippen LogP contribution in [0.5, 0.6) is 0 Å². The van der Waals surface area contributed by atoms with E-state index >= 15 is 0 Å². The van der Waals surface area contributed by atoms with Crippen molar-refractivity contribution in [2.45, 2.75) is 0 Å². The van der Waals surface area contributed by atoms with Gasteiger partial charge in [0.2, 0.25) is 0 Å². The molecule has 6 heteroatoms. The lowest BCUT2D eigenvalue weighted by Gasteiger charge is -2.09. The van der Waals surface area contributed by atoms with Crippen molar-refractivity contribution in [1.29, 1.82) is 0 Å². The van der Waals surface area contributed by atoms with Crippen LogP contribution in [0.1, 0.15) is 0 Å². The lowest BCUT2D eigenvalue weighted by Crippen LogP contribution is -1.88. The van der Waals surface area contributed by atoms with Crippen molar-refractivity contribution < 1.29 is 18.1 Å². The van der Waals surface area contributed by atoms with Gasteiger partial charge in [0.05, 0.1) is 0 Å². The van der Waals surface area contributed by atoms with E-state index in [1.54, 1.807) is 0 Å². The van der Waals surface area contributed by atoms with Gasteiger partial charge in [0, 0.05) is 19.8 Å². The van der Waals surface area contributed by atoms with Crippen molar-refractivity contribution >= 4 is 19.4 Å². The van der Waals surface area contributed by atoms with E-state index in [2.05, 4.69) is 13.6 Å². The van der Waals surface area contributed by atoms with Gasteiger partial charge < -0.3 is 4.52 Å². The highest BCUT2D eigenvalue weighted by Gasteiger charge is 2.21. The standard InChI is InChI=1S/C4H8ClO4P/c1-7-10(6,8-2)9-4-3-5/h3-4H,1-2H3. The van der Waals surface area contributed by atoms with Gasteiger partial charge in [0.15, 0.2) is 0 Å². The molecule has 0 rings (SSSR count). The van der Waals surface area contributed by atoms with Gasteiger partial charge >= 0.3 is 7.82 Å². The fourth-order valence-electron chi connectivity index (χ4n) is 0.258. The van der Waals surface area contributed by atoms with Crippen molar-refractivity contribution in [2.24, 2.45) is 0 Å². The summed E-state index contributed by atoms with van der Waals surface area (Å²) in [5.74, 6) is 0. The normalized spacial score (nSPS) is 12.3. The molecule has 0 saturated heterocycles.